The largest absolute Gasteiger partial charge is 0.447 e. The Labute approximate surface area is 122 Å². The highest BCUT2D eigenvalue weighted by Gasteiger charge is 2.29. The average molecular weight is 302 g/mol. The predicted molar refractivity (Wildman–Crippen MR) is 79.9 cm³/mol. The van der Waals surface area contributed by atoms with E-state index in [1.54, 1.807) is 13.1 Å². The van der Waals surface area contributed by atoms with Crippen LogP contribution in [0.4, 0.5) is 0 Å². The van der Waals surface area contributed by atoms with Crippen molar-refractivity contribution in [1.82, 2.24) is 9.62 Å². The molecule has 0 bridgehead atoms. The minimum Gasteiger partial charge on any atom is -0.447 e. The summed E-state index contributed by atoms with van der Waals surface area (Å²) in [7, 11) is -1.97. The fraction of sp³-hybridized carbons (Fsp3) is 0.714. The summed E-state index contributed by atoms with van der Waals surface area (Å²) in [5.74, 6) is 0.870. The lowest BCUT2D eigenvalue weighted by atomic mass is 10.1. The minimum atomic E-state index is -3.56. The lowest BCUT2D eigenvalue weighted by Gasteiger charge is -2.26. The van der Waals surface area contributed by atoms with Gasteiger partial charge in [-0.1, -0.05) is 27.7 Å². The molecule has 116 valence electrons. The van der Waals surface area contributed by atoms with Crippen molar-refractivity contribution in [3.05, 3.63) is 17.9 Å². The Morgan fingerprint density at radius 2 is 1.80 bits per heavy atom. The molecule has 1 aromatic heterocycles. The zero-order valence-corrected chi connectivity index (χ0v) is 14.0. The van der Waals surface area contributed by atoms with Crippen molar-refractivity contribution in [1.29, 1.82) is 0 Å². The van der Waals surface area contributed by atoms with Crippen molar-refractivity contribution in [2.45, 2.75) is 58.3 Å². The van der Waals surface area contributed by atoms with Gasteiger partial charge < -0.3 is 9.73 Å². The molecule has 1 unspecified atom stereocenters. The number of nitrogens with zero attached hydrogens (tertiary/aromatic N) is 1. The van der Waals surface area contributed by atoms with E-state index in [0.29, 0.717) is 18.3 Å². The molecule has 6 heteroatoms. The number of hydrogen-bond donors (Lipinski definition) is 1. The molecule has 0 saturated heterocycles. The van der Waals surface area contributed by atoms with E-state index in [0.717, 1.165) is 0 Å². The predicted octanol–water partition coefficient (Wildman–Crippen LogP) is 2.44. The van der Waals surface area contributed by atoms with Crippen molar-refractivity contribution >= 4 is 10.0 Å². The van der Waals surface area contributed by atoms with E-state index in [1.165, 1.54) is 10.4 Å². The number of rotatable bonds is 7. The van der Waals surface area contributed by atoms with Crippen LogP contribution < -0.4 is 5.32 Å². The maximum Gasteiger partial charge on any atom is 0.276 e. The monoisotopic (exact) mass is 302 g/mol. The van der Waals surface area contributed by atoms with E-state index >= 15 is 0 Å². The van der Waals surface area contributed by atoms with Crippen LogP contribution in [-0.2, 0) is 16.6 Å². The molecule has 1 aromatic rings. The number of furan rings is 1. The first-order valence-corrected chi connectivity index (χ1v) is 8.40. The summed E-state index contributed by atoms with van der Waals surface area (Å²) in [5, 5.41) is 3.20. The van der Waals surface area contributed by atoms with E-state index in [4.69, 9.17) is 4.42 Å². The van der Waals surface area contributed by atoms with Crippen LogP contribution in [0.15, 0.2) is 21.6 Å². The highest BCUT2D eigenvalue weighted by molar-refractivity contribution is 7.89. The Kier molecular flexibility index (Phi) is 5.79. The molecule has 1 atom stereocenters. The second-order valence-corrected chi connectivity index (χ2v) is 7.69. The van der Waals surface area contributed by atoms with Crippen LogP contribution in [0, 0.1) is 5.92 Å². The molecule has 0 saturated carbocycles. The summed E-state index contributed by atoms with van der Waals surface area (Å²) in [6.45, 7) is 10.5. The summed E-state index contributed by atoms with van der Waals surface area (Å²) in [4.78, 5) is 0. The van der Waals surface area contributed by atoms with Gasteiger partial charge in [-0.05, 0) is 25.0 Å². The Morgan fingerprint density at radius 1 is 1.20 bits per heavy atom. The second-order valence-electron chi connectivity index (χ2n) is 5.76. The molecular weight excluding hydrogens is 276 g/mol. The van der Waals surface area contributed by atoms with Gasteiger partial charge in [-0.3, -0.25) is 0 Å². The van der Waals surface area contributed by atoms with Gasteiger partial charge in [0.05, 0.1) is 6.54 Å². The summed E-state index contributed by atoms with van der Waals surface area (Å²) >= 11 is 0. The first kappa shape index (κ1) is 17.2. The standard InChI is InChI=1S/C14H26N2O3S/c1-10(2)12(5)16(6)20(17,18)14-8-7-13(19-14)9-15-11(3)4/h7-8,10-12,15H,9H2,1-6H3. The highest BCUT2D eigenvalue weighted by atomic mass is 32.2. The van der Waals surface area contributed by atoms with Crippen LogP contribution in [-0.4, -0.2) is 31.9 Å². The first-order valence-electron chi connectivity index (χ1n) is 6.96. The van der Waals surface area contributed by atoms with Gasteiger partial charge in [0, 0.05) is 19.1 Å². The smallest absolute Gasteiger partial charge is 0.276 e. The SMILES string of the molecule is CC(C)NCc1ccc(S(=O)(=O)N(C)C(C)C(C)C)o1. The molecule has 0 aromatic carbocycles. The highest BCUT2D eigenvalue weighted by Crippen LogP contribution is 2.22. The second kappa shape index (κ2) is 6.74. The van der Waals surface area contributed by atoms with Gasteiger partial charge >= 0.3 is 0 Å². The van der Waals surface area contributed by atoms with Gasteiger partial charge in [0.25, 0.3) is 10.0 Å². The van der Waals surface area contributed by atoms with Crippen LogP contribution in [0.1, 0.15) is 40.4 Å². The van der Waals surface area contributed by atoms with Crippen LogP contribution in [0.2, 0.25) is 0 Å². The average Bonchev–Trinajstić information content (AvgIpc) is 2.83. The first-order chi connectivity index (χ1) is 9.16. The molecule has 0 aliphatic rings. The Morgan fingerprint density at radius 3 is 2.30 bits per heavy atom. The molecule has 20 heavy (non-hydrogen) atoms. The van der Waals surface area contributed by atoms with Crippen molar-refractivity contribution in [3.8, 4) is 0 Å². The van der Waals surface area contributed by atoms with Gasteiger partial charge in [-0.15, -0.1) is 0 Å². The Bertz CT molecular complexity index is 520. The van der Waals surface area contributed by atoms with Gasteiger partial charge in [0.2, 0.25) is 5.09 Å². The summed E-state index contributed by atoms with van der Waals surface area (Å²) in [6, 6.07) is 3.47. The Balaban J connectivity index is 2.88. The number of hydrogen-bond acceptors (Lipinski definition) is 4. The van der Waals surface area contributed by atoms with E-state index in [-0.39, 0.29) is 17.1 Å². The fourth-order valence-electron chi connectivity index (χ4n) is 1.68. The third-order valence-electron chi connectivity index (χ3n) is 3.49. The molecule has 0 spiro atoms. The van der Waals surface area contributed by atoms with Crippen LogP contribution in [0.5, 0.6) is 0 Å². The molecule has 0 amide bonds. The summed E-state index contributed by atoms with van der Waals surface area (Å²) in [6.07, 6.45) is 0. The third kappa shape index (κ3) is 4.07. The number of nitrogens with one attached hydrogen (secondary N) is 1. The van der Waals surface area contributed by atoms with E-state index in [9.17, 15) is 8.42 Å². The van der Waals surface area contributed by atoms with Crippen molar-refractivity contribution < 1.29 is 12.8 Å². The third-order valence-corrected chi connectivity index (χ3v) is 5.31. The van der Waals surface area contributed by atoms with E-state index < -0.39 is 10.0 Å². The van der Waals surface area contributed by atoms with E-state index in [1.807, 2.05) is 34.6 Å². The molecule has 0 aliphatic carbocycles. The van der Waals surface area contributed by atoms with Gasteiger partial charge in [-0.25, -0.2) is 8.42 Å². The zero-order chi connectivity index (χ0) is 15.5. The quantitative estimate of drug-likeness (QED) is 0.840. The minimum absolute atomic E-state index is 0.00746. The summed E-state index contributed by atoms with van der Waals surface area (Å²) in [5.41, 5.74) is 0. The summed E-state index contributed by atoms with van der Waals surface area (Å²) < 4.78 is 31.7. The molecule has 0 radical (unpaired) electrons. The molecular formula is C14H26N2O3S. The molecule has 5 nitrogen and oxygen atoms in total. The normalized spacial score (nSPS) is 14.4. The molecule has 1 N–H and O–H groups in total. The van der Waals surface area contributed by atoms with Gasteiger partial charge in [0.1, 0.15) is 5.76 Å². The molecule has 1 rings (SSSR count). The Hall–Kier alpha value is -0.850. The fourth-order valence-corrected chi connectivity index (χ4v) is 3.09. The zero-order valence-electron chi connectivity index (χ0n) is 13.2. The molecule has 0 aliphatic heterocycles. The van der Waals surface area contributed by atoms with Crippen LogP contribution >= 0.6 is 0 Å². The van der Waals surface area contributed by atoms with Crippen molar-refractivity contribution in [2.75, 3.05) is 7.05 Å². The lowest BCUT2D eigenvalue weighted by molar-refractivity contribution is 0.302. The lowest BCUT2D eigenvalue weighted by Crippen LogP contribution is -2.38. The van der Waals surface area contributed by atoms with Crippen molar-refractivity contribution in [3.63, 3.8) is 0 Å². The molecule has 0 fully saturated rings. The maximum atomic E-state index is 12.4. The van der Waals surface area contributed by atoms with Crippen LogP contribution in [0.3, 0.4) is 0 Å². The van der Waals surface area contributed by atoms with Crippen LogP contribution in [0.25, 0.3) is 0 Å². The molecule has 1 heterocycles. The van der Waals surface area contributed by atoms with E-state index in [2.05, 4.69) is 5.32 Å². The maximum absolute atomic E-state index is 12.4. The number of sulfonamides is 1. The topological polar surface area (TPSA) is 62.6 Å². The van der Waals surface area contributed by atoms with Gasteiger partial charge in [-0.2, -0.15) is 4.31 Å². The van der Waals surface area contributed by atoms with Crippen molar-refractivity contribution in [2.24, 2.45) is 5.92 Å². The van der Waals surface area contributed by atoms with Gasteiger partial charge in [0.15, 0.2) is 0 Å².